The third-order valence-corrected chi connectivity index (χ3v) is 8.21. The van der Waals surface area contributed by atoms with Crippen LogP contribution in [-0.2, 0) is 0 Å². The predicted molar refractivity (Wildman–Crippen MR) is 175 cm³/mol. The molecule has 0 aliphatic carbocycles. The molecule has 0 saturated heterocycles. The molecule has 3 aromatic carbocycles. The second-order valence-electron chi connectivity index (χ2n) is 11.1. The van der Waals surface area contributed by atoms with Gasteiger partial charge < -0.3 is 9.97 Å². The summed E-state index contributed by atoms with van der Waals surface area (Å²) in [6, 6.07) is 18.4. The lowest BCUT2D eigenvalue weighted by Crippen LogP contribution is -1.95. The van der Waals surface area contributed by atoms with Gasteiger partial charge in [0.05, 0.1) is 39.5 Å². The van der Waals surface area contributed by atoms with Crippen molar-refractivity contribution in [1.82, 2.24) is 19.9 Å². The maximum atomic E-state index is 15.5. The number of aromatic nitrogens is 4. The SMILES string of the molecule is Fc1cccc(F)c1-c1c2nc(c(-c3c(F)cccc3F)c3ccc([nH]3)c(-c3c(F)cccc3F)c3nc(cc4ccc1[nH]4)C=C3)C=C2. The van der Waals surface area contributed by atoms with Gasteiger partial charge in [0.2, 0.25) is 0 Å². The minimum Gasteiger partial charge on any atom is -0.355 e. The van der Waals surface area contributed by atoms with Gasteiger partial charge in [-0.1, -0.05) is 18.2 Å². The zero-order valence-electron chi connectivity index (χ0n) is 24.6. The lowest BCUT2D eigenvalue weighted by Gasteiger charge is -2.09. The number of aromatic amines is 2. The molecule has 8 bridgehead atoms. The van der Waals surface area contributed by atoms with E-state index in [1.54, 1.807) is 30.4 Å². The van der Waals surface area contributed by atoms with E-state index in [-0.39, 0.29) is 55.9 Å². The van der Waals surface area contributed by atoms with Crippen molar-refractivity contribution in [2.45, 2.75) is 0 Å². The summed E-state index contributed by atoms with van der Waals surface area (Å²) in [4.78, 5) is 15.6. The standard InChI is InChI=1S/C38H20F6N4/c39-21-4-1-5-22(40)33(21)36-27-12-10-19(45-27)18-20-11-13-28(46-20)37(34-23(41)6-2-7-24(34)42)30-15-17-32(48-30)38(31-16-14-29(36)47-31)35-25(43)8-3-9-26(35)44/h1-18,45,48H. The molecule has 2 aliphatic rings. The largest absolute Gasteiger partial charge is 0.355 e. The summed E-state index contributed by atoms with van der Waals surface area (Å²) in [7, 11) is 0. The minimum atomic E-state index is -0.902. The first-order chi connectivity index (χ1) is 23.3. The molecule has 0 saturated carbocycles. The highest BCUT2D eigenvalue weighted by Gasteiger charge is 2.23. The molecule has 10 heteroatoms. The van der Waals surface area contributed by atoms with Crippen LogP contribution in [0.15, 0.2) is 84.9 Å². The van der Waals surface area contributed by atoms with E-state index in [1.807, 2.05) is 0 Å². The molecule has 48 heavy (non-hydrogen) atoms. The van der Waals surface area contributed by atoms with Gasteiger partial charge in [0, 0.05) is 38.8 Å². The highest BCUT2D eigenvalue weighted by atomic mass is 19.2. The number of rotatable bonds is 3. The summed E-state index contributed by atoms with van der Waals surface area (Å²) in [6.45, 7) is 0. The van der Waals surface area contributed by atoms with Gasteiger partial charge in [0.15, 0.2) is 0 Å². The summed E-state index contributed by atoms with van der Waals surface area (Å²) < 4.78 is 92.4. The number of hydrogen-bond acceptors (Lipinski definition) is 2. The van der Waals surface area contributed by atoms with E-state index >= 15 is 26.3 Å². The number of benzene rings is 3. The Hall–Kier alpha value is -6.16. The van der Waals surface area contributed by atoms with E-state index in [0.29, 0.717) is 16.7 Å². The topological polar surface area (TPSA) is 57.4 Å². The monoisotopic (exact) mass is 646 g/mol. The molecule has 234 valence electrons. The van der Waals surface area contributed by atoms with Crippen LogP contribution < -0.4 is 0 Å². The van der Waals surface area contributed by atoms with Crippen LogP contribution in [0.1, 0.15) is 22.8 Å². The lowest BCUT2D eigenvalue weighted by atomic mass is 10.0. The molecule has 0 atom stereocenters. The van der Waals surface area contributed by atoms with Crippen LogP contribution in [0, 0.1) is 34.9 Å². The van der Waals surface area contributed by atoms with Crippen LogP contribution in [0.3, 0.4) is 0 Å². The first kappa shape index (κ1) is 29.3. The molecular weight excluding hydrogens is 626 g/mol. The van der Waals surface area contributed by atoms with Crippen molar-refractivity contribution in [2.24, 2.45) is 0 Å². The maximum absolute atomic E-state index is 15.5. The fourth-order valence-electron chi connectivity index (χ4n) is 6.14. The van der Waals surface area contributed by atoms with Gasteiger partial charge in [-0.2, -0.15) is 0 Å². The smallest absolute Gasteiger partial charge is 0.134 e. The zero-order chi connectivity index (χ0) is 33.1. The molecule has 0 unspecified atom stereocenters. The van der Waals surface area contributed by atoms with Crippen molar-refractivity contribution in [3.63, 3.8) is 0 Å². The molecule has 0 spiro atoms. The van der Waals surface area contributed by atoms with Crippen LogP contribution in [0.2, 0.25) is 0 Å². The summed E-state index contributed by atoms with van der Waals surface area (Å²) >= 11 is 0. The molecule has 8 rings (SSSR count). The van der Waals surface area contributed by atoms with Crippen LogP contribution in [0.4, 0.5) is 26.3 Å². The average Bonchev–Trinajstić information content (AvgIpc) is 3.88. The van der Waals surface area contributed by atoms with Gasteiger partial charge >= 0.3 is 0 Å². The Labute approximate surface area is 268 Å². The van der Waals surface area contributed by atoms with E-state index < -0.39 is 40.5 Å². The van der Waals surface area contributed by atoms with Gasteiger partial charge in [-0.3, -0.25) is 0 Å². The van der Waals surface area contributed by atoms with E-state index in [0.717, 1.165) is 36.4 Å². The summed E-state index contributed by atoms with van der Waals surface area (Å²) in [5.74, 6) is -5.16. The van der Waals surface area contributed by atoms with Gasteiger partial charge in [-0.05, 0) is 91.0 Å². The Kier molecular flexibility index (Phi) is 6.87. The third kappa shape index (κ3) is 4.80. The maximum Gasteiger partial charge on any atom is 0.134 e. The molecule has 3 aromatic heterocycles. The van der Waals surface area contributed by atoms with E-state index in [9.17, 15) is 0 Å². The number of nitrogens with zero attached hydrogens (tertiary/aromatic N) is 2. The second kappa shape index (κ2) is 11.3. The van der Waals surface area contributed by atoms with Gasteiger partial charge in [-0.15, -0.1) is 0 Å². The number of hydrogen-bond donors (Lipinski definition) is 2. The van der Waals surface area contributed by atoms with Crippen molar-refractivity contribution in [3.05, 3.63) is 143 Å². The van der Waals surface area contributed by atoms with Crippen molar-refractivity contribution in [3.8, 4) is 33.4 Å². The predicted octanol–water partition coefficient (Wildman–Crippen LogP) is 10.5. The Morgan fingerprint density at radius 2 is 0.750 bits per heavy atom. The second-order valence-corrected chi connectivity index (χ2v) is 11.1. The van der Waals surface area contributed by atoms with Crippen molar-refractivity contribution >= 4 is 46.4 Å². The first-order valence-corrected chi connectivity index (χ1v) is 14.7. The molecule has 2 aliphatic heterocycles. The van der Waals surface area contributed by atoms with E-state index in [1.165, 1.54) is 42.5 Å². The number of nitrogens with one attached hydrogen (secondary N) is 2. The fourth-order valence-corrected chi connectivity index (χ4v) is 6.14. The lowest BCUT2D eigenvalue weighted by molar-refractivity contribution is 0.589. The summed E-state index contributed by atoms with van der Waals surface area (Å²) in [5.41, 5.74) is 0.956. The highest BCUT2D eigenvalue weighted by Crippen LogP contribution is 2.39. The van der Waals surface area contributed by atoms with Crippen LogP contribution in [0.5, 0.6) is 0 Å². The van der Waals surface area contributed by atoms with E-state index in [2.05, 4.69) is 19.9 Å². The van der Waals surface area contributed by atoms with Gasteiger partial charge in [-0.25, -0.2) is 36.3 Å². The summed E-state index contributed by atoms with van der Waals surface area (Å²) in [6.07, 6.45) is 6.22. The molecule has 0 fully saturated rings. The zero-order valence-corrected chi connectivity index (χ0v) is 24.6. The minimum absolute atomic E-state index is 0.0337. The number of H-pyrrole nitrogens is 2. The third-order valence-electron chi connectivity index (χ3n) is 8.21. The van der Waals surface area contributed by atoms with E-state index in [4.69, 9.17) is 0 Å². The molecule has 0 radical (unpaired) electrons. The number of fused-ring (bicyclic) bond motifs is 8. The normalized spacial score (nSPS) is 12.2. The van der Waals surface area contributed by atoms with Gasteiger partial charge in [0.25, 0.3) is 0 Å². The molecular formula is C38H20F6N4. The average molecular weight is 647 g/mol. The molecule has 0 amide bonds. The van der Waals surface area contributed by atoms with Crippen molar-refractivity contribution in [2.75, 3.05) is 0 Å². The van der Waals surface area contributed by atoms with Crippen molar-refractivity contribution in [1.29, 1.82) is 0 Å². The molecule has 2 N–H and O–H groups in total. The Balaban J connectivity index is 1.59. The Morgan fingerprint density at radius 3 is 1.21 bits per heavy atom. The van der Waals surface area contributed by atoms with Crippen LogP contribution in [-0.4, -0.2) is 19.9 Å². The highest BCUT2D eigenvalue weighted by molar-refractivity contribution is 5.97. The molecule has 4 nitrogen and oxygen atoms in total. The molecule has 5 heterocycles. The van der Waals surface area contributed by atoms with Crippen molar-refractivity contribution < 1.29 is 26.3 Å². The fraction of sp³-hybridized carbons (Fsp3) is 0. The first-order valence-electron chi connectivity index (χ1n) is 14.7. The quantitative estimate of drug-likeness (QED) is 0.188. The number of halogens is 6. The Bertz CT molecular complexity index is 2430. The Morgan fingerprint density at radius 1 is 0.375 bits per heavy atom. The van der Waals surface area contributed by atoms with Gasteiger partial charge in [0.1, 0.15) is 34.9 Å². The summed E-state index contributed by atoms with van der Waals surface area (Å²) in [5, 5.41) is 0. The van der Waals surface area contributed by atoms with Crippen LogP contribution in [0.25, 0.3) is 79.8 Å². The van der Waals surface area contributed by atoms with Crippen LogP contribution >= 0.6 is 0 Å². The molecule has 6 aromatic rings.